The van der Waals surface area contributed by atoms with Crippen molar-refractivity contribution in [2.45, 2.75) is 37.5 Å². The molecular weight excluding hydrogens is 301 g/mol. The number of pyridine rings is 1. The van der Waals surface area contributed by atoms with Gasteiger partial charge in [-0.3, -0.25) is 4.79 Å². The number of rotatable bonds is 5. The van der Waals surface area contributed by atoms with Gasteiger partial charge in [0.1, 0.15) is 5.69 Å². The summed E-state index contributed by atoms with van der Waals surface area (Å²) in [6.45, 7) is -1.37. The van der Waals surface area contributed by atoms with Crippen LogP contribution in [0, 0.1) is 0 Å². The quantitative estimate of drug-likeness (QED) is 0.872. The fraction of sp³-hybridized carbons (Fsp3) is 0.571. The molecule has 1 amide bonds. The van der Waals surface area contributed by atoms with Crippen molar-refractivity contribution in [2.75, 3.05) is 13.2 Å². The molecule has 5 nitrogen and oxygen atoms in total. The normalized spacial score (nSPS) is 17.3. The van der Waals surface area contributed by atoms with E-state index in [1.54, 1.807) is 0 Å². The average Bonchev–Trinajstić information content (AvgIpc) is 2.89. The zero-order valence-corrected chi connectivity index (χ0v) is 11.8. The molecule has 1 fully saturated rings. The van der Waals surface area contributed by atoms with E-state index in [4.69, 9.17) is 0 Å². The van der Waals surface area contributed by atoms with Crippen LogP contribution in [0.4, 0.5) is 13.2 Å². The van der Waals surface area contributed by atoms with Gasteiger partial charge in [-0.2, -0.15) is 13.2 Å². The van der Waals surface area contributed by atoms with Crippen molar-refractivity contribution < 1.29 is 27.8 Å². The summed E-state index contributed by atoms with van der Waals surface area (Å²) in [7, 11) is 0. The number of nitrogens with one attached hydrogen (secondary N) is 1. The SMILES string of the molecule is O=C(NCC1(O)CCCC1)c1cccc(OCC(F)(F)F)n1. The van der Waals surface area contributed by atoms with Crippen LogP contribution in [-0.4, -0.2) is 40.9 Å². The van der Waals surface area contributed by atoms with Crippen LogP contribution in [0.15, 0.2) is 18.2 Å². The van der Waals surface area contributed by atoms with Crippen LogP contribution in [0.3, 0.4) is 0 Å². The minimum Gasteiger partial charge on any atom is -0.468 e. The maximum Gasteiger partial charge on any atom is 0.422 e. The molecule has 0 bridgehead atoms. The van der Waals surface area contributed by atoms with Gasteiger partial charge in [0.2, 0.25) is 5.88 Å². The molecule has 2 N–H and O–H groups in total. The largest absolute Gasteiger partial charge is 0.468 e. The highest BCUT2D eigenvalue weighted by Crippen LogP contribution is 2.28. The van der Waals surface area contributed by atoms with Gasteiger partial charge in [-0.1, -0.05) is 18.9 Å². The fourth-order valence-corrected chi connectivity index (χ4v) is 2.32. The van der Waals surface area contributed by atoms with E-state index < -0.39 is 24.3 Å². The topological polar surface area (TPSA) is 71.5 Å². The van der Waals surface area contributed by atoms with Crippen molar-refractivity contribution in [1.82, 2.24) is 10.3 Å². The Bertz CT molecular complexity index is 528. The zero-order chi connectivity index (χ0) is 16.2. The number of amides is 1. The van der Waals surface area contributed by atoms with E-state index in [-0.39, 0.29) is 18.1 Å². The molecule has 0 atom stereocenters. The molecule has 1 aliphatic rings. The van der Waals surface area contributed by atoms with Gasteiger partial charge in [-0.05, 0) is 18.9 Å². The summed E-state index contributed by atoms with van der Waals surface area (Å²) in [5.41, 5.74) is -0.957. The fourth-order valence-electron chi connectivity index (χ4n) is 2.32. The van der Waals surface area contributed by atoms with E-state index in [1.165, 1.54) is 18.2 Å². The maximum absolute atomic E-state index is 12.1. The third-order valence-electron chi connectivity index (χ3n) is 3.45. The van der Waals surface area contributed by atoms with Crippen molar-refractivity contribution >= 4 is 5.91 Å². The summed E-state index contributed by atoms with van der Waals surface area (Å²) in [4.78, 5) is 15.7. The van der Waals surface area contributed by atoms with Crippen LogP contribution in [0.2, 0.25) is 0 Å². The smallest absolute Gasteiger partial charge is 0.422 e. The maximum atomic E-state index is 12.1. The summed E-state index contributed by atoms with van der Waals surface area (Å²) in [6, 6.07) is 4.00. The number of aromatic nitrogens is 1. The number of carbonyl (C=O) groups excluding carboxylic acids is 1. The Morgan fingerprint density at radius 2 is 2.05 bits per heavy atom. The van der Waals surface area contributed by atoms with E-state index in [1.807, 2.05) is 0 Å². The minimum atomic E-state index is -4.47. The standard InChI is InChI=1S/C14H17F3N2O3/c15-14(16,17)9-22-11-5-3-4-10(19-11)12(20)18-8-13(21)6-1-2-7-13/h3-5,21H,1-2,6-9H2,(H,18,20). The Morgan fingerprint density at radius 1 is 1.36 bits per heavy atom. The van der Waals surface area contributed by atoms with Crippen LogP contribution >= 0.6 is 0 Å². The lowest BCUT2D eigenvalue weighted by Crippen LogP contribution is -2.41. The summed E-state index contributed by atoms with van der Waals surface area (Å²) in [6.07, 6.45) is -1.41. The first-order chi connectivity index (χ1) is 10.3. The van der Waals surface area contributed by atoms with Gasteiger partial charge in [0.15, 0.2) is 6.61 Å². The molecule has 8 heteroatoms. The molecule has 0 aromatic carbocycles. The van der Waals surface area contributed by atoms with E-state index in [2.05, 4.69) is 15.0 Å². The van der Waals surface area contributed by atoms with E-state index in [9.17, 15) is 23.1 Å². The summed E-state index contributed by atoms with van der Waals surface area (Å²) in [5.74, 6) is -0.831. The minimum absolute atomic E-state index is 0.0544. The molecule has 0 spiro atoms. The van der Waals surface area contributed by atoms with Crippen molar-refractivity contribution in [3.63, 3.8) is 0 Å². The van der Waals surface area contributed by atoms with Crippen molar-refractivity contribution in [3.05, 3.63) is 23.9 Å². The Hall–Kier alpha value is -1.83. The van der Waals surface area contributed by atoms with E-state index >= 15 is 0 Å². The van der Waals surface area contributed by atoms with Gasteiger partial charge in [-0.15, -0.1) is 0 Å². The van der Waals surface area contributed by atoms with Gasteiger partial charge < -0.3 is 15.2 Å². The number of hydrogen-bond acceptors (Lipinski definition) is 4. The predicted octanol–water partition coefficient (Wildman–Crippen LogP) is 2.06. The predicted molar refractivity (Wildman–Crippen MR) is 71.5 cm³/mol. The van der Waals surface area contributed by atoms with Gasteiger partial charge in [0.25, 0.3) is 5.91 Å². The molecule has 2 rings (SSSR count). The highest BCUT2D eigenvalue weighted by molar-refractivity contribution is 5.92. The first kappa shape index (κ1) is 16.5. The third-order valence-corrected chi connectivity index (χ3v) is 3.45. The number of alkyl halides is 3. The number of carbonyl (C=O) groups is 1. The van der Waals surface area contributed by atoms with Crippen molar-refractivity contribution in [2.24, 2.45) is 0 Å². The van der Waals surface area contributed by atoms with Crippen LogP contribution < -0.4 is 10.1 Å². The summed E-state index contributed by atoms with van der Waals surface area (Å²) < 4.78 is 40.7. The Labute approximate surface area is 125 Å². The van der Waals surface area contributed by atoms with Crippen LogP contribution in [0.1, 0.15) is 36.2 Å². The molecule has 1 aliphatic carbocycles. The van der Waals surface area contributed by atoms with Crippen LogP contribution in [0.25, 0.3) is 0 Å². The second kappa shape index (κ2) is 6.51. The second-order valence-corrected chi connectivity index (χ2v) is 5.38. The monoisotopic (exact) mass is 318 g/mol. The van der Waals surface area contributed by atoms with E-state index in [0.29, 0.717) is 12.8 Å². The Kier molecular flexibility index (Phi) is 4.90. The molecule has 0 radical (unpaired) electrons. The molecule has 1 heterocycles. The third kappa shape index (κ3) is 4.87. The molecule has 0 aliphatic heterocycles. The number of hydrogen-bond donors (Lipinski definition) is 2. The molecule has 122 valence electrons. The number of ether oxygens (including phenoxy) is 1. The van der Waals surface area contributed by atoms with Crippen molar-refractivity contribution in [1.29, 1.82) is 0 Å². The van der Waals surface area contributed by atoms with E-state index in [0.717, 1.165) is 12.8 Å². The van der Waals surface area contributed by atoms with Crippen LogP contribution in [0.5, 0.6) is 5.88 Å². The number of nitrogens with zero attached hydrogens (tertiary/aromatic N) is 1. The molecule has 0 saturated heterocycles. The molecule has 1 aromatic heterocycles. The van der Waals surface area contributed by atoms with Gasteiger partial charge in [0, 0.05) is 12.6 Å². The van der Waals surface area contributed by atoms with Gasteiger partial charge in [0.05, 0.1) is 5.60 Å². The summed E-state index contributed by atoms with van der Waals surface area (Å²) >= 11 is 0. The molecule has 22 heavy (non-hydrogen) atoms. The summed E-state index contributed by atoms with van der Waals surface area (Å²) in [5, 5.41) is 12.7. The highest BCUT2D eigenvalue weighted by atomic mass is 19.4. The molecule has 1 saturated carbocycles. The molecular formula is C14H17F3N2O3. The molecule has 0 unspecified atom stereocenters. The Balaban J connectivity index is 1.92. The lowest BCUT2D eigenvalue weighted by Gasteiger charge is -2.22. The first-order valence-corrected chi connectivity index (χ1v) is 6.95. The lowest BCUT2D eigenvalue weighted by atomic mass is 10.0. The lowest BCUT2D eigenvalue weighted by molar-refractivity contribution is -0.154. The number of aliphatic hydroxyl groups is 1. The zero-order valence-electron chi connectivity index (χ0n) is 11.8. The number of halogens is 3. The highest BCUT2D eigenvalue weighted by Gasteiger charge is 2.31. The van der Waals surface area contributed by atoms with Crippen LogP contribution in [-0.2, 0) is 0 Å². The van der Waals surface area contributed by atoms with Gasteiger partial charge >= 0.3 is 6.18 Å². The second-order valence-electron chi connectivity index (χ2n) is 5.38. The average molecular weight is 318 g/mol. The first-order valence-electron chi connectivity index (χ1n) is 6.95. The van der Waals surface area contributed by atoms with Crippen molar-refractivity contribution in [3.8, 4) is 5.88 Å². The molecule has 1 aromatic rings. The van der Waals surface area contributed by atoms with Gasteiger partial charge in [-0.25, -0.2) is 4.98 Å². The Morgan fingerprint density at radius 3 is 2.68 bits per heavy atom.